The summed E-state index contributed by atoms with van der Waals surface area (Å²) in [7, 11) is 0. The van der Waals surface area contributed by atoms with Crippen LogP contribution >= 0.6 is 0 Å². The lowest BCUT2D eigenvalue weighted by molar-refractivity contribution is -0.121. The van der Waals surface area contributed by atoms with Gasteiger partial charge in [-0.15, -0.1) is 0 Å². The third-order valence-corrected chi connectivity index (χ3v) is 4.94. The molecule has 0 spiro atoms. The molecular formula is C19H20F2N4O2. The standard InChI is InChI=1S/C19H20F2N4O2/c1-10(16-3-2-11(8-22)9-23-16)24-18(26)6-13-4-12-5-14(20)15(21)7-17(12)25-19(13)27/h4-5,7,10-11,16,23H,2-3,6,9H2,1H3,(H,24,26)(H,25,27)/t10-,11?,16?/m1/s1. The Balaban J connectivity index is 1.67. The van der Waals surface area contributed by atoms with Crippen LogP contribution in [-0.2, 0) is 11.2 Å². The summed E-state index contributed by atoms with van der Waals surface area (Å²) in [6.07, 6.45) is 1.39. The third kappa shape index (κ3) is 4.31. The molecule has 3 atom stereocenters. The van der Waals surface area contributed by atoms with Crippen LogP contribution in [-0.4, -0.2) is 29.5 Å². The monoisotopic (exact) mass is 374 g/mol. The molecule has 1 aliphatic heterocycles. The number of hydrogen-bond donors (Lipinski definition) is 3. The number of hydrogen-bond acceptors (Lipinski definition) is 4. The first-order valence-electron chi connectivity index (χ1n) is 8.80. The van der Waals surface area contributed by atoms with E-state index in [1.165, 1.54) is 6.07 Å². The Hall–Kier alpha value is -2.79. The van der Waals surface area contributed by atoms with Crippen LogP contribution in [0.25, 0.3) is 10.9 Å². The van der Waals surface area contributed by atoms with Gasteiger partial charge in [0.25, 0.3) is 5.56 Å². The number of pyridine rings is 1. The van der Waals surface area contributed by atoms with Gasteiger partial charge in [0.1, 0.15) is 0 Å². The number of aromatic nitrogens is 1. The van der Waals surface area contributed by atoms with Crippen LogP contribution < -0.4 is 16.2 Å². The van der Waals surface area contributed by atoms with E-state index in [0.717, 1.165) is 25.0 Å². The second-order valence-electron chi connectivity index (χ2n) is 6.93. The molecule has 142 valence electrons. The molecule has 3 N–H and O–H groups in total. The van der Waals surface area contributed by atoms with Gasteiger partial charge in [-0.2, -0.15) is 5.26 Å². The fourth-order valence-corrected chi connectivity index (χ4v) is 3.37. The average molecular weight is 374 g/mol. The molecule has 0 aliphatic carbocycles. The summed E-state index contributed by atoms with van der Waals surface area (Å²) in [4.78, 5) is 26.9. The summed E-state index contributed by atoms with van der Waals surface area (Å²) in [6.45, 7) is 2.46. The maximum absolute atomic E-state index is 13.4. The molecule has 2 aromatic rings. The van der Waals surface area contributed by atoms with E-state index in [9.17, 15) is 18.4 Å². The summed E-state index contributed by atoms with van der Waals surface area (Å²) in [5.41, 5.74) is -0.154. The van der Waals surface area contributed by atoms with E-state index in [2.05, 4.69) is 21.7 Å². The van der Waals surface area contributed by atoms with Crippen molar-refractivity contribution in [3.8, 4) is 6.07 Å². The number of halogens is 2. The highest BCUT2D eigenvalue weighted by Gasteiger charge is 2.25. The summed E-state index contributed by atoms with van der Waals surface area (Å²) in [6, 6.07) is 5.43. The molecular weight excluding hydrogens is 354 g/mol. The molecule has 1 aromatic carbocycles. The number of nitrogens with one attached hydrogen (secondary N) is 3. The van der Waals surface area contributed by atoms with Crippen molar-refractivity contribution in [2.45, 2.75) is 38.3 Å². The lowest BCUT2D eigenvalue weighted by atomic mass is 9.92. The number of H-pyrrole nitrogens is 1. The van der Waals surface area contributed by atoms with Gasteiger partial charge >= 0.3 is 0 Å². The van der Waals surface area contributed by atoms with Crippen molar-refractivity contribution in [1.29, 1.82) is 5.26 Å². The van der Waals surface area contributed by atoms with Crippen LogP contribution in [0.1, 0.15) is 25.3 Å². The van der Waals surface area contributed by atoms with Gasteiger partial charge in [0, 0.05) is 35.6 Å². The van der Waals surface area contributed by atoms with Crippen molar-refractivity contribution in [1.82, 2.24) is 15.6 Å². The van der Waals surface area contributed by atoms with Gasteiger partial charge in [0.05, 0.1) is 23.9 Å². The van der Waals surface area contributed by atoms with Crippen molar-refractivity contribution < 1.29 is 13.6 Å². The number of carbonyl (C=O) groups is 1. The molecule has 0 bridgehead atoms. The van der Waals surface area contributed by atoms with Gasteiger partial charge in [-0.1, -0.05) is 0 Å². The van der Waals surface area contributed by atoms with Crippen molar-refractivity contribution in [3.05, 3.63) is 45.8 Å². The largest absolute Gasteiger partial charge is 0.352 e. The Bertz CT molecular complexity index is 959. The number of rotatable bonds is 4. The molecule has 1 fully saturated rings. The second kappa shape index (κ2) is 7.84. The maximum atomic E-state index is 13.4. The normalized spacial score (nSPS) is 20.8. The molecule has 0 saturated carbocycles. The van der Waals surface area contributed by atoms with E-state index < -0.39 is 17.2 Å². The Kier molecular flexibility index (Phi) is 5.51. The van der Waals surface area contributed by atoms with Gasteiger partial charge in [-0.3, -0.25) is 9.59 Å². The topological polar surface area (TPSA) is 97.8 Å². The van der Waals surface area contributed by atoms with E-state index in [0.29, 0.717) is 11.9 Å². The van der Waals surface area contributed by atoms with E-state index in [4.69, 9.17) is 5.26 Å². The number of piperidine rings is 1. The van der Waals surface area contributed by atoms with Gasteiger partial charge in [-0.05, 0) is 31.9 Å². The van der Waals surface area contributed by atoms with Gasteiger partial charge in [0.15, 0.2) is 11.6 Å². The van der Waals surface area contributed by atoms with E-state index in [1.807, 2.05) is 6.92 Å². The van der Waals surface area contributed by atoms with Crippen LogP contribution in [0.3, 0.4) is 0 Å². The Labute approximate surface area is 154 Å². The number of amides is 1. The first kappa shape index (κ1) is 19.0. The minimum absolute atomic E-state index is 0.00876. The number of fused-ring (bicyclic) bond motifs is 1. The molecule has 8 heteroatoms. The van der Waals surface area contributed by atoms with Crippen LogP contribution in [0.15, 0.2) is 23.0 Å². The fourth-order valence-electron chi connectivity index (χ4n) is 3.37. The van der Waals surface area contributed by atoms with Crippen molar-refractivity contribution >= 4 is 16.8 Å². The van der Waals surface area contributed by atoms with Crippen LogP contribution in [0.4, 0.5) is 8.78 Å². The Morgan fingerprint density at radius 3 is 2.74 bits per heavy atom. The molecule has 1 saturated heterocycles. The Morgan fingerprint density at radius 2 is 2.07 bits per heavy atom. The van der Waals surface area contributed by atoms with Gasteiger partial charge in [-0.25, -0.2) is 8.78 Å². The highest BCUT2D eigenvalue weighted by Crippen LogP contribution is 2.17. The average Bonchev–Trinajstić information content (AvgIpc) is 2.64. The van der Waals surface area contributed by atoms with Crippen LogP contribution in [0.5, 0.6) is 0 Å². The smallest absolute Gasteiger partial charge is 0.252 e. The summed E-state index contributed by atoms with van der Waals surface area (Å²) in [5, 5.41) is 15.4. The molecule has 1 aromatic heterocycles. The number of nitriles is 1. The summed E-state index contributed by atoms with van der Waals surface area (Å²) >= 11 is 0. The predicted molar refractivity (Wildman–Crippen MR) is 95.9 cm³/mol. The molecule has 0 radical (unpaired) electrons. The number of aromatic amines is 1. The zero-order chi connectivity index (χ0) is 19.6. The molecule has 1 aliphatic rings. The number of benzene rings is 1. The van der Waals surface area contributed by atoms with E-state index in [1.54, 1.807) is 0 Å². The zero-order valence-corrected chi connectivity index (χ0v) is 14.8. The van der Waals surface area contributed by atoms with E-state index in [-0.39, 0.29) is 41.4 Å². The Morgan fingerprint density at radius 1 is 1.33 bits per heavy atom. The molecule has 27 heavy (non-hydrogen) atoms. The van der Waals surface area contributed by atoms with Crippen LogP contribution in [0.2, 0.25) is 0 Å². The summed E-state index contributed by atoms with van der Waals surface area (Å²) in [5.74, 6) is -2.40. The lowest BCUT2D eigenvalue weighted by Crippen LogP contribution is -2.52. The summed E-state index contributed by atoms with van der Waals surface area (Å²) < 4.78 is 26.7. The molecule has 2 unspecified atom stereocenters. The zero-order valence-electron chi connectivity index (χ0n) is 14.8. The number of carbonyl (C=O) groups excluding carboxylic acids is 1. The van der Waals surface area contributed by atoms with Crippen molar-refractivity contribution in [3.63, 3.8) is 0 Å². The molecule has 1 amide bonds. The first-order chi connectivity index (χ1) is 12.9. The molecule has 6 nitrogen and oxygen atoms in total. The van der Waals surface area contributed by atoms with Gasteiger partial charge in [0.2, 0.25) is 5.91 Å². The predicted octanol–water partition coefficient (Wildman–Crippen LogP) is 1.75. The van der Waals surface area contributed by atoms with Crippen LogP contribution in [0, 0.1) is 28.9 Å². The minimum atomic E-state index is -1.05. The first-order valence-corrected chi connectivity index (χ1v) is 8.80. The third-order valence-electron chi connectivity index (χ3n) is 4.94. The lowest BCUT2D eigenvalue weighted by Gasteiger charge is -2.31. The highest BCUT2D eigenvalue weighted by atomic mass is 19.2. The maximum Gasteiger partial charge on any atom is 0.252 e. The van der Waals surface area contributed by atoms with Gasteiger partial charge < -0.3 is 15.6 Å². The fraction of sp³-hybridized carbons (Fsp3) is 0.421. The highest BCUT2D eigenvalue weighted by molar-refractivity contribution is 5.83. The minimum Gasteiger partial charge on any atom is -0.352 e. The van der Waals surface area contributed by atoms with E-state index >= 15 is 0 Å². The molecule has 3 rings (SSSR count). The van der Waals surface area contributed by atoms with Crippen molar-refractivity contribution in [2.75, 3.05) is 6.54 Å². The quantitative estimate of drug-likeness (QED) is 0.759. The molecule has 2 heterocycles. The second-order valence-corrected chi connectivity index (χ2v) is 6.93. The number of nitrogens with zero attached hydrogens (tertiary/aromatic N) is 1. The SMILES string of the molecule is C[C@@H](NC(=O)Cc1cc2cc(F)c(F)cc2[nH]c1=O)C1CCC(C#N)CN1. The van der Waals surface area contributed by atoms with Crippen molar-refractivity contribution in [2.24, 2.45) is 5.92 Å².